The van der Waals surface area contributed by atoms with Crippen LogP contribution in [-0.2, 0) is 11.8 Å². The molecule has 0 atom stereocenters. The molecule has 9 nitrogen and oxygen atoms in total. The van der Waals surface area contributed by atoms with Gasteiger partial charge in [0.05, 0.1) is 21.8 Å². The smallest absolute Gasteiger partial charge is 0.296 e. The average Bonchev–Trinajstić information content (AvgIpc) is 3.30. The first-order chi connectivity index (χ1) is 18.6. The molecule has 1 aliphatic rings. The summed E-state index contributed by atoms with van der Waals surface area (Å²) in [6.07, 6.45) is 3.19. The summed E-state index contributed by atoms with van der Waals surface area (Å²) >= 11 is 6.64. The molecule has 4 heterocycles. The van der Waals surface area contributed by atoms with Crippen LogP contribution in [0.5, 0.6) is 0 Å². The van der Waals surface area contributed by atoms with Crippen molar-refractivity contribution in [2.75, 3.05) is 16.8 Å². The zero-order valence-corrected chi connectivity index (χ0v) is 23.9. The number of fused-ring (bicyclic) bond motifs is 1. The molecule has 5 rings (SSSR count). The quantitative estimate of drug-likeness (QED) is 0.278. The standard InChI is InChI=1S/C28H28N6O3S2/c1-16(2)15-29-23-20(25(35)32-13-9-10-17(3)24(32)30-23)14-21-26(36)33(28(38)39-21)22-18(4)31(5)34(27(22)37)19-11-7-6-8-12-19/h6-14,16,29H,15H2,1-5H3/b21-14-. The molecular formula is C28H28N6O3S2. The zero-order valence-electron chi connectivity index (χ0n) is 22.3. The number of thioether (sulfide) groups is 1. The number of aryl methyl sites for hydroxylation is 1. The monoisotopic (exact) mass is 560 g/mol. The third kappa shape index (κ3) is 4.61. The highest BCUT2D eigenvalue weighted by Crippen LogP contribution is 2.36. The van der Waals surface area contributed by atoms with Gasteiger partial charge in [0.15, 0.2) is 4.32 Å². The normalized spacial score (nSPS) is 14.8. The molecule has 0 radical (unpaired) electrons. The lowest BCUT2D eigenvalue weighted by atomic mass is 10.2. The van der Waals surface area contributed by atoms with E-state index >= 15 is 0 Å². The van der Waals surface area contributed by atoms with Crippen molar-refractivity contribution in [3.8, 4) is 5.69 Å². The highest BCUT2D eigenvalue weighted by Gasteiger charge is 2.38. The number of anilines is 2. The second-order valence-corrected chi connectivity index (χ2v) is 11.4. The van der Waals surface area contributed by atoms with Crippen LogP contribution in [0.15, 0.2) is 63.2 Å². The molecule has 1 saturated heterocycles. The van der Waals surface area contributed by atoms with Crippen molar-refractivity contribution >= 4 is 57.4 Å². The third-order valence-electron chi connectivity index (χ3n) is 6.58. The predicted molar refractivity (Wildman–Crippen MR) is 161 cm³/mol. The fourth-order valence-electron chi connectivity index (χ4n) is 4.48. The van der Waals surface area contributed by atoms with Gasteiger partial charge in [-0.2, -0.15) is 0 Å². The number of amides is 1. The van der Waals surface area contributed by atoms with E-state index in [0.29, 0.717) is 35.3 Å². The largest absolute Gasteiger partial charge is 0.369 e. The maximum absolute atomic E-state index is 13.7. The van der Waals surface area contributed by atoms with Crippen LogP contribution in [0.2, 0.25) is 0 Å². The van der Waals surface area contributed by atoms with Gasteiger partial charge in [-0.3, -0.25) is 28.4 Å². The molecule has 0 unspecified atom stereocenters. The molecule has 0 bridgehead atoms. The molecule has 1 aliphatic heterocycles. The average molecular weight is 561 g/mol. The second-order valence-electron chi connectivity index (χ2n) is 9.77. The molecular weight excluding hydrogens is 532 g/mol. The van der Waals surface area contributed by atoms with Crippen LogP contribution >= 0.6 is 24.0 Å². The van der Waals surface area contributed by atoms with Crippen molar-refractivity contribution in [3.63, 3.8) is 0 Å². The van der Waals surface area contributed by atoms with Gasteiger partial charge in [-0.15, -0.1) is 0 Å². The van der Waals surface area contributed by atoms with E-state index < -0.39 is 5.91 Å². The maximum atomic E-state index is 13.7. The summed E-state index contributed by atoms with van der Waals surface area (Å²) in [6.45, 7) is 8.37. The molecule has 11 heteroatoms. The Balaban J connectivity index is 1.62. The Morgan fingerprint density at radius 3 is 2.46 bits per heavy atom. The first-order valence-electron chi connectivity index (χ1n) is 12.5. The topological polar surface area (TPSA) is 93.6 Å². The van der Waals surface area contributed by atoms with Gasteiger partial charge in [0.1, 0.15) is 17.2 Å². The SMILES string of the molecule is Cc1cccn2c(=O)c(/C=C3\SC(=S)N(c4c(C)n(C)n(-c5ccccc5)c4=O)C3=O)c(NCC(C)C)nc12. The summed E-state index contributed by atoms with van der Waals surface area (Å²) in [5.74, 6) is 0.246. The van der Waals surface area contributed by atoms with Crippen LogP contribution < -0.4 is 21.3 Å². The van der Waals surface area contributed by atoms with E-state index in [2.05, 4.69) is 19.2 Å². The maximum Gasteiger partial charge on any atom is 0.296 e. The van der Waals surface area contributed by atoms with Gasteiger partial charge in [-0.25, -0.2) is 9.67 Å². The number of carbonyl (C=O) groups excluding carboxylic acids is 1. The fourth-order valence-corrected chi connectivity index (χ4v) is 5.73. The number of nitrogens with one attached hydrogen (secondary N) is 1. The van der Waals surface area contributed by atoms with Crippen molar-refractivity contribution in [2.24, 2.45) is 13.0 Å². The van der Waals surface area contributed by atoms with Crippen LogP contribution in [0.1, 0.15) is 30.7 Å². The lowest BCUT2D eigenvalue weighted by molar-refractivity contribution is -0.113. The summed E-state index contributed by atoms with van der Waals surface area (Å²) < 4.78 is 4.90. The summed E-state index contributed by atoms with van der Waals surface area (Å²) in [5.41, 5.74) is 2.44. The molecule has 0 aliphatic carbocycles. The van der Waals surface area contributed by atoms with Gasteiger partial charge in [0.2, 0.25) is 0 Å². The molecule has 1 aromatic carbocycles. The van der Waals surface area contributed by atoms with Gasteiger partial charge in [-0.05, 0) is 49.6 Å². The minimum Gasteiger partial charge on any atom is -0.369 e. The predicted octanol–water partition coefficient (Wildman–Crippen LogP) is 4.27. The van der Waals surface area contributed by atoms with E-state index in [1.807, 2.05) is 43.3 Å². The lowest BCUT2D eigenvalue weighted by Crippen LogP contribution is -2.33. The Hall–Kier alpha value is -3.96. The molecule has 0 saturated carbocycles. The van der Waals surface area contributed by atoms with Crippen molar-refractivity contribution in [3.05, 3.63) is 91.1 Å². The molecule has 3 aromatic heterocycles. The number of aromatic nitrogens is 4. The van der Waals surface area contributed by atoms with Crippen LogP contribution in [0, 0.1) is 19.8 Å². The summed E-state index contributed by atoms with van der Waals surface area (Å²) in [5, 5.41) is 3.27. The second kappa shape index (κ2) is 10.3. The molecule has 1 amide bonds. The number of nitrogens with zero attached hydrogens (tertiary/aromatic N) is 5. The number of thiocarbonyl (C=S) groups is 1. The van der Waals surface area contributed by atoms with Crippen molar-refractivity contribution in [1.82, 2.24) is 18.7 Å². The first kappa shape index (κ1) is 26.6. The third-order valence-corrected chi connectivity index (χ3v) is 7.88. The number of carbonyl (C=O) groups is 1. The number of pyridine rings is 1. The molecule has 39 heavy (non-hydrogen) atoms. The van der Waals surface area contributed by atoms with E-state index in [0.717, 1.165) is 17.3 Å². The Kier molecular flexibility index (Phi) is 7.04. The van der Waals surface area contributed by atoms with Crippen LogP contribution in [0.25, 0.3) is 17.4 Å². The van der Waals surface area contributed by atoms with E-state index in [4.69, 9.17) is 17.2 Å². The lowest BCUT2D eigenvalue weighted by Gasteiger charge is -2.14. The van der Waals surface area contributed by atoms with E-state index in [-0.39, 0.29) is 31.6 Å². The van der Waals surface area contributed by atoms with E-state index in [9.17, 15) is 14.4 Å². The molecule has 1 fully saturated rings. The Labute approximate surface area is 234 Å². The number of para-hydroxylation sites is 1. The van der Waals surface area contributed by atoms with Gasteiger partial charge < -0.3 is 5.32 Å². The fraction of sp³-hybridized carbons (Fsp3) is 0.250. The highest BCUT2D eigenvalue weighted by atomic mass is 32.2. The Morgan fingerprint density at radius 1 is 1.05 bits per heavy atom. The van der Waals surface area contributed by atoms with Crippen molar-refractivity contribution in [1.29, 1.82) is 0 Å². The minimum absolute atomic E-state index is 0.189. The Morgan fingerprint density at radius 2 is 1.77 bits per heavy atom. The summed E-state index contributed by atoms with van der Waals surface area (Å²) in [6, 6.07) is 12.9. The van der Waals surface area contributed by atoms with E-state index in [1.54, 1.807) is 30.9 Å². The first-order valence-corrected chi connectivity index (χ1v) is 13.7. The van der Waals surface area contributed by atoms with Crippen LogP contribution in [-0.4, -0.2) is 35.5 Å². The molecule has 1 N–H and O–H groups in total. The van der Waals surface area contributed by atoms with Crippen LogP contribution in [0.4, 0.5) is 11.5 Å². The van der Waals surface area contributed by atoms with Crippen molar-refractivity contribution < 1.29 is 4.79 Å². The molecule has 0 spiro atoms. The van der Waals surface area contributed by atoms with Gasteiger partial charge in [0.25, 0.3) is 17.0 Å². The summed E-state index contributed by atoms with van der Waals surface area (Å²) in [7, 11) is 1.76. The minimum atomic E-state index is -0.459. The number of hydrogen-bond donors (Lipinski definition) is 1. The zero-order chi connectivity index (χ0) is 28.0. The Bertz CT molecular complexity index is 1780. The highest BCUT2D eigenvalue weighted by molar-refractivity contribution is 8.27. The number of benzene rings is 1. The van der Waals surface area contributed by atoms with Crippen molar-refractivity contribution in [2.45, 2.75) is 27.7 Å². The van der Waals surface area contributed by atoms with Gasteiger partial charge in [0, 0.05) is 19.8 Å². The number of rotatable bonds is 6. The van der Waals surface area contributed by atoms with Gasteiger partial charge >= 0.3 is 0 Å². The number of hydrogen-bond acceptors (Lipinski definition) is 7. The van der Waals surface area contributed by atoms with Crippen LogP contribution in [0.3, 0.4) is 0 Å². The summed E-state index contributed by atoms with van der Waals surface area (Å²) in [4.78, 5) is 47.1. The molecule has 200 valence electrons. The van der Waals surface area contributed by atoms with Gasteiger partial charge in [-0.1, -0.05) is 62.1 Å². The molecule has 4 aromatic rings. The van der Waals surface area contributed by atoms with E-state index in [1.165, 1.54) is 20.1 Å².